The molecule has 0 spiro atoms. The van der Waals surface area contributed by atoms with Crippen LogP contribution in [0.1, 0.15) is 24.5 Å². The van der Waals surface area contributed by atoms with Crippen molar-refractivity contribution in [1.29, 1.82) is 0 Å². The number of rotatable bonds is 4. The van der Waals surface area contributed by atoms with Crippen LogP contribution in [0.15, 0.2) is 24.3 Å². The topological polar surface area (TPSA) is 64.4 Å². The molecule has 1 aromatic rings. The second-order valence-electron chi connectivity index (χ2n) is 4.81. The number of hydrogen-bond donors (Lipinski definition) is 2. The summed E-state index contributed by atoms with van der Waals surface area (Å²) in [5.41, 5.74) is 7.51. The van der Waals surface area contributed by atoms with E-state index in [1.807, 2.05) is 12.1 Å². The molecule has 1 aliphatic heterocycles. The molecular weight excluding hydrogens is 228 g/mol. The fourth-order valence-electron chi connectivity index (χ4n) is 2.01. The van der Waals surface area contributed by atoms with Crippen LogP contribution in [0.25, 0.3) is 0 Å². The molecular formula is C14H20N2O2. The van der Waals surface area contributed by atoms with Crippen molar-refractivity contribution in [3.63, 3.8) is 0 Å². The van der Waals surface area contributed by atoms with Crippen LogP contribution in [-0.4, -0.2) is 24.7 Å². The zero-order valence-electron chi connectivity index (χ0n) is 10.7. The third-order valence-electron chi connectivity index (χ3n) is 3.39. The molecule has 1 saturated heterocycles. The van der Waals surface area contributed by atoms with Gasteiger partial charge >= 0.3 is 0 Å². The molecule has 0 aliphatic carbocycles. The maximum atomic E-state index is 11.9. The van der Waals surface area contributed by atoms with E-state index in [0.717, 1.165) is 12.0 Å². The minimum atomic E-state index is -0.844. The number of ether oxygens (including phenoxy) is 1. The first-order valence-corrected chi connectivity index (χ1v) is 6.37. The van der Waals surface area contributed by atoms with E-state index in [2.05, 4.69) is 24.4 Å². The number of aryl methyl sites for hydroxylation is 1. The molecule has 18 heavy (non-hydrogen) atoms. The third kappa shape index (κ3) is 2.89. The van der Waals surface area contributed by atoms with Crippen molar-refractivity contribution in [2.24, 2.45) is 5.73 Å². The van der Waals surface area contributed by atoms with Gasteiger partial charge in [0.25, 0.3) is 0 Å². The maximum absolute atomic E-state index is 11.9. The first kappa shape index (κ1) is 13.1. The first-order chi connectivity index (χ1) is 8.64. The lowest BCUT2D eigenvalue weighted by Crippen LogP contribution is -2.54. The molecule has 1 amide bonds. The Hall–Kier alpha value is -1.39. The molecule has 98 valence electrons. The molecule has 2 rings (SSSR count). The summed E-state index contributed by atoms with van der Waals surface area (Å²) in [7, 11) is 0. The van der Waals surface area contributed by atoms with Crippen molar-refractivity contribution in [1.82, 2.24) is 5.32 Å². The smallest absolute Gasteiger partial charge is 0.242 e. The van der Waals surface area contributed by atoms with Crippen molar-refractivity contribution in [3.05, 3.63) is 35.4 Å². The summed E-state index contributed by atoms with van der Waals surface area (Å²) in [6, 6.07) is 8.23. The zero-order valence-corrected chi connectivity index (χ0v) is 10.7. The Kier molecular flexibility index (Phi) is 3.99. The van der Waals surface area contributed by atoms with Gasteiger partial charge < -0.3 is 15.8 Å². The van der Waals surface area contributed by atoms with Crippen LogP contribution in [0.4, 0.5) is 0 Å². The third-order valence-corrected chi connectivity index (χ3v) is 3.39. The lowest BCUT2D eigenvalue weighted by atomic mass is 9.99. The Morgan fingerprint density at radius 3 is 2.61 bits per heavy atom. The van der Waals surface area contributed by atoms with Crippen molar-refractivity contribution in [3.8, 4) is 0 Å². The molecule has 1 atom stereocenters. The maximum Gasteiger partial charge on any atom is 0.242 e. The van der Waals surface area contributed by atoms with Crippen LogP contribution in [0.3, 0.4) is 0 Å². The summed E-state index contributed by atoms with van der Waals surface area (Å²) < 4.78 is 5.18. The molecule has 4 nitrogen and oxygen atoms in total. The van der Waals surface area contributed by atoms with E-state index in [1.165, 1.54) is 5.56 Å². The molecule has 0 saturated carbocycles. The van der Waals surface area contributed by atoms with E-state index < -0.39 is 5.54 Å². The van der Waals surface area contributed by atoms with Gasteiger partial charge in [-0.05, 0) is 24.0 Å². The summed E-state index contributed by atoms with van der Waals surface area (Å²) in [5, 5.41) is 2.87. The predicted molar refractivity (Wildman–Crippen MR) is 70.0 cm³/mol. The molecule has 0 bridgehead atoms. The molecule has 1 aromatic carbocycles. The van der Waals surface area contributed by atoms with Crippen molar-refractivity contribution < 1.29 is 9.53 Å². The van der Waals surface area contributed by atoms with E-state index in [4.69, 9.17) is 10.5 Å². The Bertz CT molecular complexity index is 408. The number of amides is 1. The van der Waals surface area contributed by atoms with Crippen LogP contribution in [0.5, 0.6) is 0 Å². The monoisotopic (exact) mass is 248 g/mol. The predicted octanol–water partition coefficient (Wildman–Crippen LogP) is 0.983. The van der Waals surface area contributed by atoms with Gasteiger partial charge in [0.15, 0.2) is 0 Å². The van der Waals surface area contributed by atoms with Gasteiger partial charge in [0, 0.05) is 13.2 Å². The Morgan fingerprint density at radius 2 is 2.06 bits per heavy atom. The summed E-state index contributed by atoms with van der Waals surface area (Å²) in [6.07, 6.45) is 1.61. The molecule has 1 aliphatic rings. The van der Waals surface area contributed by atoms with Crippen LogP contribution in [0.2, 0.25) is 0 Å². The standard InChI is InChI=1S/C14H20N2O2/c1-2-11-3-5-12(6-4-11)9-16-13(17)14(15)7-8-18-10-14/h3-6H,2,7-10,15H2,1H3,(H,16,17). The quantitative estimate of drug-likeness (QED) is 0.835. The van der Waals surface area contributed by atoms with Crippen LogP contribution in [0, 0.1) is 0 Å². The summed E-state index contributed by atoms with van der Waals surface area (Å²) in [5.74, 6) is -0.125. The van der Waals surface area contributed by atoms with Gasteiger partial charge in [-0.15, -0.1) is 0 Å². The fourth-order valence-corrected chi connectivity index (χ4v) is 2.01. The summed E-state index contributed by atoms with van der Waals surface area (Å²) in [6.45, 7) is 3.51. The number of carbonyl (C=O) groups is 1. The second kappa shape index (κ2) is 5.50. The fraction of sp³-hybridized carbons (Fsp3) is 0.500. The first-order valence-electron chi connectivity index (χ1n) is 6.37. The highest BCUT2D eigenvalue weighted by molar-refractivity contribution is 5.86. The molecule has 3 N–H and O–H groups in total. The summed E-state index contributed by atoms with van der Waals surface area (Å²) >= 11 is 0. The number of benzene rings is 1. The van der Waals surface area contributed by atoms with Crippen LogP contribution in [-0.2, 0) is 22.5 Å². The Labute approximate surface area is 108 Å². The minimum absolute atomic E-state index is 0.125. The lowest BCUT2D eigenvalue weighted by molar-refractivity contribution is -0.126. The molecule has 1 heterocycles. The van der Waals surface area contributed by atoms with E-state index in [9.17, 15) is 4.79 Å². The summed E-state index contributed by atoms with van der Waals surface area (Å²) in [4.78, 5) is 11.9. The van der Waals surface area contributed by atoms with E-state index in [1.54, 1.807) is 0 Å². The number of carbonyl (C=O) groups excluding carboxylic acids is 1. The van der Waals surface area contributed by atoms with Crippen molar-refractivity contribution in [2.75, 3.05) is 13.2 Å². The lowest BCUT2D eigenvalue weighted by Gasteiger charge is -2.20. The largest absolute Gasteiger partial charge is 0.379 e. The Balaban J connectivity index is 1.88. The van der Waals surface area contributed by atoms with Gasteiger partial charge in [-0.1, -0.05) is 31.2 Å². The highest BCUT2D eigenvalue weighted by Gasteiger charge is 2.37. The van der Waals surface area contributed by atoms with Gasteiger partial charge in [-0.25, -0.2) is 0 Å². The normalized spacial score (nSPS) is 23.0. The molecule has 1 fully saturated rings. The molecule has 0 aromatic heterocycles. The van der Waals surface area contributed by atoms with E-state index in [-0.39, 0.29) is 5.91 Å². The van der Waals surface area contributed by atoms with E-state index in [0.29, 0.717) is 26.2 Å². The highest BCUT2D eigenvalue weighted by Crippen LogP contribution is 2.15. The van der Waals surface area contributed by atoms with Gasteiger partial charge in [-0.2, -0.15) is 0 Å². The van der Waals surface area contributed by atoms with E-state index >= 15 is 0 Å². The minimum Gasteiger partial charge on any atom is -0.379 e. The van der Waals surface area contributed by atoms with Crippen LogP contribution < -0.4 is 11.1 Å². The highest BCUT2D eigenvalue weighted by atomic mass is 16.5. The molecule has 1 unspecified atom stereocenters. The second-order valence-corrected chi connectivity index (χ2v) is 4.81. The van der Waals surface area contributed by atoms with Gasteiger partial charge in [0.1, 0.15) is 5.54 Å². The molecule has 0 radical (unpaired) electrons. The average Bonchev–Trinajstić information content (AvgIpc) is 2.85. The Morgan fingerprint density at radius 1 is 1.39 bits per heavy atom. The van der Waals surface area contributed by atoms with Gasteiger partial charge in [-0.3, -0.25) is 4.79 Å². The van der Waals surface area contributed by atoms with Gasteiger partial charge in [0.05, 0.1) is 6.61 Å². The van der Waals surface area contributed by atoms with Crippen molar-refractivity contribution in [2.45, 2.75) is 31.8 Å². The number of nitrogens with two attached hydrogens (primary N) is 1. The van der Waals surface area contributed by atoms with Crippen LogP contribution >= 0.6 is 0 Å². The SMILES string of the molecule is CCc1ccc(CNC(=O)C2(N)CCOC2)cc1. The zero-order chi connectivity index (χ0) is 13.0. The molecule has 4 heteroatoms. The number of nitrogens with one attached hydrogen (secondary N) is 1. The average molecular weight is 248 g/mol. The van der Waals surface area contributed by atoms with Crippen molar-refractivity contribution >= 4 is 5.91 Å². The number of hydrogen-bond acceptors (Lipinski definition) is 3. The van der Waals surface area contributed by atoms with Gasteiger partial charge in [0.2, 0.25) is 5.91 Å².